The highest BCUT2D eigenvalue weighted by Crippen LogP contribution is 2.56. The lowest BCUT2D eigenvalue weighted by Gasteiger charge is -1.99. The second-order valence-corrected chi connectivity index (χ2v) is 3.29. The van der Waals surface area contributed by atoms with Crippen LogP contribution in [0.25, 0.3) is 0 Å². The van der Waals surface area contributed by atoms with Gasteiger partial charge in [-0.1, -0.05) is 6.08 Å². The second-order valence-electron chi connectivity index (χ2n) is 3.29. The number of hydrogen-bond donors (Lipinski definition) is 0. The van der Waals surface area contributed by atoms with Crippen LogP contribution in [-0.2, 0) is 14.3 Å². The number of carbonyl (C=O) groups is 2. The molecule has 0 amide bonds. The van der Waals surface area contributed by atoms with Crippen molar-refractivity contribution in [1.29, 1.82) is 0 Å². The Morgan fingerprint density at radius 3 is 3.00 bits per heavy atom. The Morgan fingerprint density at radius 2 is 2.50 bits per heavy atom. The average Bonchev–Trinajstić information content (AvgIpc) is 2.63. The van der Waals surface area contributed by atoms with Gasteiger partial charge in [0.15, 0.2) is 0 Å². The van der Waals surface area contributed by atoms with Gasteiger partial charge in [-0.25, -0.2) is 4.79 Å². The predicted octanol–water partition coefficient (Wildman–Crippen LogP) is 0.551. The third-order valence-corrected chi connectivity index (χ3v) is 2.78. The molecule has 0 bridgehead atoms. The Kier molecular flexibility index (Phi) is 1.53. The van der Waals surface area contributed by atoms with Crippen LogP contribution in [0.1, 0.15) is 6.42 Å². The largest absolute Gasteiger partial charge is 0.466 e. The molecule has 0 spiro atoms. The van der Waals surface area contributed by atoms with Gasteiger partial charge in [-0.3, -0.25) is 0 Å². The van der Waals surface area contributed by atoms with E-state index in [0.29, 0.717) is 11.5 Å². The van der Waals surface area contributed by atoms with Gasteiger partial charge in [0.25, 0.3) is 0 Å². The van der Waals surface area contributed by atoms with Gasteiger partial charge in [0, 0.05) is 17.4 Å². The molecule has 2 aliphatic carbocycles. The van der Waals surface area contributed by atoms with Crippen molar-refractivity contribution in [2.24, 2.45) is 17.8 Å². The molecule has 0 saturated heterocycles. The lowest BCUT2D eigenvalue weighted by Crippen LogP contribution is -2.06. The number of hydrogen-bond acceptors (Lipinski definition) is 3. The van der Waals surface area contributed by atoms with Crippen molar-refractivity contribution in [3.8, 4) is 0 Å². The number of ether oxygens (including phenoxy) is 1. The zero-order chi connectivity index (χ0) is 8.72. The zero-order valence-electron chi connectivity index (χ0n) is 6.82. The molecular formula is C9H10O3. The van der Waals surface area contributed by atoms with Crippen molar-refractivity contribution >= 4 is 12.3 Å². The molecule has 3 nitrogen and oxygen atoms in total. The number of allylic oxidation sites excluding steroid dienone is 1. The van der Waals surface area contributed by atoms with Crippen molar-refractivity contribution in [2.45, 2.75) is 6.42 Å². The number of fused-ring (bicyclic) bond motifs is 1. The summed E-state index contributed by atoms with van der Waals surface area (Å²) in [5.74, 6) is 0.391. The molecule has 12 heavy (non-hydrogen) atoms. The zero-order valence-corrected chi connectivity index (χ0v) is 6.82. The molecule has 3 atom stereocenters. The molecule has 3 heteroatoms. The van der Waals surface area contributed by atoms with Gasteiger partial charge in [0.2, 0.25) is 0 Å². The Labute approximate surface area is 70.4 Å². The van der Waals surface area contributed by atoms with Crippen LogP contribution in [0, 0.1) is 17.8 Å². The van der Waals surface area contributed by atoms with E-state index in [1.807, 2.05) is 6.08 Å². The van der Waals surface area contributed by atoms with E-state index < -0.39 is 0 Å². The maximum absolute atomic E-state index is 11.1. The molecule has 2 aliphatic rings. The Hall–Kier alpha value is -1.12. The van der Waals surface area contributed by atoms with Crippen LogP contribution in [0.3, 0.4) is 0 Å². The quantitative estimate of drug-likeness (QED) is 0.444. The first-order valence-corrected chi connectivity index (χ1v) is 4.03. The van der Waals surface area contributed by atoms with E-state index in [0.717, 1.165) is 12.7 Å². The van der Waals surface area contributed by atoms with Crippen LogP contribution in [0.15, 0.2) is 11.6 Å². The van der Waals surface area contributed by atoms with Crippen molar-refractivity contribution in [3.63, 3.8) is 0 Å². The molecular weight excluding hydrogens is 156 g/mol. The minimum atomic E-state index is -0.271. The summed E-state index contributed by atoms with van der Waals surface area (Å²) in [6.45, 7) is 0. The van der Waals surface area contributed by atoms with E-state index in [4.69, 9.17) is 0 Å². The normalized spacial score (nSPS) is 36.8. The number of methoxy groups -OCH3 is 1. The predicted molar refractivity (Wildman–Crippen MR) is 41.3 cm³/mol. The summed E-state index contributed by atoms with van der Waals surface area (Å²) in [6, 6.07) is 0. The van der Waals surface area contributed by atoms with Crippen molar-refractivity contribution < 1.29 is 14.3 Å². The summed E-state index contributed by atoms with van der Waals surface area (Å²) in [5.41, 5.74) is 0.708. The van der Waals surface area contributed by atoms with Crippen molar-refractivity contribution in [3.05, 3.63) is 11.6 Å². The molecule has 0 aromatic carbocycles. The summed E-state index contributed by atoms with van der Waals surface area (Å²) >= 11 is 0. The van der Waals surface area contributed by atoms with Crippen LogP contribution < -0.4 is 0 Å². The number of carbonyl (C=O) groups excluding carboxylic acids is 2. The molecule has 0 aliphatic heterocycles. The van der Waals surface area contributed by atoms with Gasteiger partial charge in [0.05, 0.1) is 7.11 Å². The molecule has 1 saturated carbocycles. The molecule has 0 radical (unpaired) electrons. The van der Waals surface area contributed by atoms with Gasteiger partial charge in [-0.2, -0.15) is 0 Å². The second kappa shape index (κ2) is 2.44. The highest BCUT2D eigenvalue weighted by molar-refractivity contribution is 5.92. The smallest absolute Gasteiger partial charge is 0.333 e. The van der Waals surface area contributed by atoms with E-state index in [1.165, 1.54) is 7.11 Å². The van der Waals surface area contributed by atoms with Gasteiger partial charge in [-0.05, 0) is 12.3 Å². The fourth-order valence-corrected chi connectivity index (χ4v) is 2.06. The summed E-state index contributed by atoms with van der Waals surface area (Å²) in [6.07, 6.45) is 3.70. The minimum absolute atomic E-state index is 0.0871. The fourth-order valence-electron chi connectivity index (χ4n) is 2.06. The van der Waals surface area contributed by atoms with Gasteiger partial charge < -0.3 is 9.53 Å². The molecule has 0 unspecified atom stereocenters. The average molecular weight is 166 g/mol. The maximum atomic E-state index is 11.1. The lowest BCUT2D eigenvalue weighted by molar-refractivity contribution is -0.136. The van der Waals surface area contributed by atoms with E-state index in [2.05, 4.69) is 4.74 Å². The first-order chi connectivity index (χ1) is 5.79. The SMILES string of the molecule is COC(=O)C1=CC[C@H]2[C@@H](C=O)[C@@H]12. The molecule has 1 fully saturated rings. The van der Waals surface area contributed by atoms with E-state index in [1.54, 1.807) is 0 Å². The highest BCUT2D eigenvalue weighted by Gasteiger charge is 2.56. The van der Waals surface area contributed by atoms with Gasteiger partial charge >= 0.3 is 5.97 Å². The van der Waals surface area contributed by atoms with Gasteiger partial charge in [-0.15, -0.1) is 0 Å². The molecule has 0 heterocycles. The number of esters is 1. The Balaban J connectivity index is 2.11. The number of aldehydes is 1. The van der Waals surface area contributed by atoms with E-state index in [9.17, 15) is 9.59 Å². The standard InChI is InChI=1S/C9H10O3/c1-12-9(11)6-3-2-5-7(4-10)8(5)6/h3-5,7-8H,2H2,1H3/t5-,7+,8+/m0/s1. The summed E-state index contributed by atoms with van der Waals surface area (Å²) in [4.78, 5) is 21.6. The molecule has 0 aromatic rings. The fraction of sp³-hybridized carbons (Fsp3) is 0.556. The Bertz CT molecular complexity index is 267. The number of rotatable bonds is 2. The van der Waals surface area contributed by atoms with E-state index >= 15 is 0 Å². The minimum Gasteiger partial charge on any atom is -0.466 e. The van der Waals surface area contributed by atoms with Crippen molar-refractivity contribution in [2.75, 3.05) is 7.11 Å². The maximum Gasteiger partial charge on any atom is 0.333 e. The Morgan fingerprint density at radius 1 is 1.75 bits per heavy atom. The molecule has 2 rings (SSSR count). The monoisotopic (exact) mass is 166 g/mol. The third kappa shape index (κ3) is 0.823. The van der Waals surface area contributed by atoms with Crippen LogP contribution in [0.2, 0.25) is 0 Å². The van der Waals surface area contributed by atoms with Crippen LogP contribution in [-0.4, -0.2) is 19.4 Å². The lowest BCUT2D eigenvalue weighted by atomic mass is 10.1. The topological polar surface area (TPSA) is 43.4 Å². The van der Waals surface area contributed by atoms with Crippen molar-refractivity contribution in [1.82, 2.24) is 0 Å². The third-order valence-electron chi connectivity index (χ3n) is 2.78. The van der Waals surface area contributed by atoms with Crippen LogP contribution in [0.5, 0.6) is 0 Å². The van der Waals surface area contributed by atoms with E-state index in [-0.39, 0.29) is 17.8 Å². The molecule has 64 valence electrons. The van der Waals surface area contributed by atoms with Gasteiger partial charge in [0.1, 0.15) is 6.29 Å². The summed E-state index contributed by atoms with van der Waals surface area (Å²) in [5, 5.41) is 0. The van der Waals surface area contributed by atoms with Crippen LogP contribution >= 0.6 is 0 Å². The first-order valence-electron chi connectivity index (χ1n) is 4.03. The van der Waals surface area contributed by atoms with Crippen LogP contribution in [0.4, 0.5) is 0 Å². The summed E-state index contributed by atoms with van der Waals surface area (Å²) in [7, 11) is 1.37. The molecule has 0 aromatic heterocycles. The summed E-state index contributed by atoms with van der Waals surface area (Å²) < 4.78 is 4.60. The molecule has 0 N–H and O–H groups in total. The highest BCUT2D eigenvalue weighted by atomic mass is 16.5. The first kappa shape index (κ1) is 7.53.